The summed E-state index contributed by atoms with van der Waals surface area (Å²) < 4.78 is 5.50. The van der Waals surface area contributed by atoms with Gasteiger partial charge in [-0.05, 0) is 17.5 Å². The highest BCUT2D eigenvalue weighted by Gasteiger charge is 2.29. The Morgan fingerprint density at radius 3 is 2.12 bits per heavy atom. The number of hydrogen-bond acceptors (Lipinski definition) is 4. The summed E-state index contributed by atoms with van der Waals surface area (Å²) in [6, 6.07) is 16.9. The quantitative estimate of drug-likeness (QED) is 0.713. The summed E-state index contributed by atoms with van der Waals surface area (Å²) >= 11 is 0. The summed E-state index contributed by atoms with van der Waals surface area (Å²) in [4.78, 5) is 25.2. The van der Waals surface area contributed by atoms with E-state index in [1.165, 1.54) is 7.05 Å². The molecule has 26 heavy (non-hydrogen) atoms. The molecule has 0 bridgehead atoms. The first kappa shape index (κ1) is 19.6. The number of hydrogen-bond donors (Lipinski definition) is 2. The third-order valence-corrected chi connectivity index (χ3v) is 4.10. The van der Waals surface area contributed by atoms with Gasteiger partial charge in [0.05, 0.1) is 19.3 Å². The summed E-state index contributed by atoms with van der Waals surface area (Å²) in [5.41, 5.74) is 7.84. The van der Waals surface area contributed by atoms with E-state index in [0.717, 1.165) is 16.0 Å². The van der Waals surface area contributed by atoms with Crippen molar-refractivity contribution in [2.45, 2.75) is 25.1 Å². The predicted molar refractivity (Wildman–Crippen MR) is 98.4 cm³/mol. The van der Waals surface area contributed by atoms with Crippen molar-refractivity contribution in [2.75, 3.05) is 13.7 Å². The Morgan fingerprint density at radius 2 is 1.58 bits per heavy atom. The summed E-state index contributed by atoms with van der Waals surface area (Å²) in [6.45, 7) is 0.174. The van der Waals surface area contributed by atoms with Gasteiger partial charge in [0.25, 0.3) is 0 Å². The number of ether oxygens (including phenoxy) is 1. The molecular weight excluding hydrogens is 332 g/mol. The highest BCUT2D eigenvalue weighted by Crippen LogP contribution is 2.08. The van der Waals surface area contributed by atoms with Crippen molar-refractivity contribution in [3.63, 3.8) is 0 Å². The second kappa shape index (κ2) is 9.70. The van der Waals surface area contributed by atoms with Gasteiger partial charge in [-0.2, -0.15) is 0 Å². The first-order valence-electron chi connectivity index (χ1n) is 8.39. The lowest BCUT2D eigenvalue weighted by atomic mass is 10.1. The smallest absolute Gasteiger partial charge is 0.328 e. The Kier molecular flexibility index (Phi) is 7.32. The van der Waals surface area contributed by atoms with Crippen molar-refractivity contribution < 1.29 is 19.4 Å². The maximum atomic E-state index is 12.5. The van der Waals surface area contributed by atoms with Crippen LogP contribution in [0.15, 0.2) is 60.7 Å². The van der Waals surface area contributed by atoms with Gasteiger partial charge in [0.2, 0.25) is 5.91 Å². The van der Waals surface area contributed by atoms with Crippen LogP contribution in [0.1, 0.15) is 11.1 Å². The fourth-order valence-electron chi connectivity index (χ4n) is 2.58. The van der Waals surface area contributed by atoms with Gasteiger partial charge < -0.3 is 20.5 Å². The third kappa shape index (κ3) is 5.68. The molecule has 0 unspecified atom stereocenters. The molecule has 6 nitrogen and oxygen atoms in total. The Bertz CT molecular complexity index is 706. The molecule has 1 amide bonds. The van der Waals surface area contributed by atoms with Crippen molar-refractivity contribution in [3.05, 3.63) is 71.8 Å². The van der Waals surface area contributed by atoms with Crippen LogP contribution in [-0.4, -0.2) is 47.6 Å². The average molecular weight is 356 g/mol. The predicted octanol–water partition coefficient (Wildman–Crippen LogP) is 1.68. The van der Waals surface area contributed by atoms with E-state index in [2.05, 4.69) is 0 Å². The zero-order chi connectivity index (χ0) is 18.9. The van der Waals surface area contributed by atoms with E-state index >= 15 is 0 Å². The Hall–Kier alpha value is -2.70. The van der Waals surface area contributed by atoms with Crippen LogP contribution in [0.4, 0.5) is 0 Å². The topological polar surface area (TPSA) is 92.9 Å². The van der Waals surface area contributed by atoms with Crippen LogP contribution in [-0.2, 0) is 27.4 Å². The Labute approximate surface area is 153 Å². The van der Waals surface area contributed by atoms with Crippen molar-refractivity contribution in [1.82, 2.24) is 4.90 Å². The molecule has 0 saturated heterocycles. The number of carbonyl (C=O) groups excluding carboxylic acids is 1. The van der Waals surface area contributed by atoms with Crippen LogP contribution >= 0.6 is 0 Å². The van der Waals surface area contributed by atoms with Gasteiger partial charge in [-0.1, -0.05) is 60.7 Å². The molecule has 138 valence electrons. The minimum Gasteiger partial charge on any atom is -0.480 e. The number of amides is 1. The lowest BCUT2D eigenvalue weighted by molar-refractivity contribution is -0.152. The molecule has 0 aliphatic heterocycles. The number of benzene rings is 2. The molecule has 0 fully saturated rings. The van der Waals surface area contributed by atoms with Crippen LogP contribution in [0, 0.1) is 0 Å². The Morgan fingerprint density at radius 1 is 1.04 bits per heavy atom. The lowest BCUT2D eigenvalue weighted by Gasteiger charge is -2.27. The van der Waals surface area contributed by atoms with E-state index in [0.29, 0.717) is 6.42 Å². The van der Waals surface area contributed by atoms with Crippen molar-refractivity contribution in [3.8, 4) is 0 Å². The molecule has 2 aromatic carbocycles. The molecule has 3 N–H and O–H groups in total. The summed E-state index contributed by atoms with van der Waals surface area (Å²) in [7, 11) is 1.44. The molecule has 2 atom stereocenters. The van der Waals surface area contributed by atoms with E-state index in [1.807, 2.05) is 60.7 Å². The second-order valence-corrected chi connectivity index (χ2v) is 6.10. The van der Waals surface area contributed by atoms with Gasteiger partial charge in [0, 0.05) is 7.05 Å². The van der Waals surface area contributed by atoms with Crippen LogP contribution < -0.4 is 5.73 Å². The van der Waals surface area contributed by atoms with Crippen LogP contribution in [0.25, 0.3) is 0 Å². The molecule has 0 aliphatic rings. The number of carboxylic acids is 1. The molecule has 0 saturated carbocycles. The van der Waals surface area contributed by atoms with Crippen LogP contribution in [0.2, 0.25) is 0 Å². The standard InChI is InChI=1S/C20H24N2O4/c1-22(19(23)17(21)12-15-8-4-2-5-9-15)18(20(24)25)14-26-13-16-10-6-3-7-11-16/h2-11,17-18H,12-14,21H2,1H3,(H,24,25)/t17-,18-/m0/s1. The molecule has 2 aromatic rings. The first-order valence-corrected chi connectivity index (χ1v) is 8.39. The highest BCUT2D eigenvalue weighted by atomic mass is 16.5. The van der Waals surface area contributed by atoms with Crippen LogP contribution in [0.3, 0.4) is 0 Å². The van der Waals surface area contributed by atoms with E-state index < -0.39 is 24.0 Å². The van der Waals surface area contributed by atoms with Gasteiger partial charge >= 0.3 is 5.97 Å². The molecule has 0 aliphatic carbocycles. The van der Waals surface area contributed by atoms with Crippen LogP contribution in [0.5, 0.6) is 0 Å². The normalized spacial score (nSPS) is 13.0. The summed E-state index contributed by atoms with van der Waals surface area (Å²) in [6.07, 6.45) is 0.348. The van der Waals surface area contributed by atoms with E-state index in [1.54, 1.807) is 0 Å². The van der Waals surface area contributed by atoms with Crippen molar-refractivity contribution >= 4 is 11.9 Å². The lowest BCUT2D eigenvalue weighted by Crippen LogP contribution is -2.51. The molecular formula is C20H24N2O4. The van der Waals surface area contributed by atoms with Crippen molar-refractivity contribution in [2.24, 2.45) is 5.73 Å². The fourth-order valence-corrected chi connectivity index (χ4v) is 2.58. The zero-order valence-corrected chi connectivity index (χ0v) is 14.7. The maximum absolute atomic E-state index is 12.5. The zero-order valence-electron chi connectivity index (χ0n) is 14.7. The molecule has 0 heterocycles. The molecule has 2 rings (SSSR count). The largest absolute Gasteiger partial charge is 0.480 e. The maximum Gasteiger partial charge on any atom is 0.328 e. The molecule has 0 radical (unpaired) electrons. The number of carbonyl (C=O) groups is 2. The third-order valence-electron chi connectivity index (χ3n) is 4.10. The van der Waals surface area contributed by atoms with E-state index in [-0.39, 0.29) is 13.2 Å². The first-order chi connectivity index (χ1) is 12.5. The highest BCUT2D eigenvalue weighted by molar-refractivity contribution is 5.87. The van der Waals surface area contributed by atoms with Gasteiger partial charge in [0.1, 0.15) is 0 Å². The Balaban J connectivity index is 1.92. The van der Waals surface area contributed by atoms with E-state index in [4.69, 9.17) is 10.5 Å². The summed E-state index contributed by atoms with van der Waals surface area (Å²) in [5, 5.41) is 9.45. The van der Waals surface area contributed by atoms with Gasteiger partial charge in [0.15, 0.2) is 6.04 Å². The number of aliphatic carboxylic acids is 1. The number of carboxylic acid groups (broad SMARTS) is 1. The number of nitrogens with zero attached hydrogens (tertiary/aromatic N) is 1. The molecule has 0 aromatic heterocycles. The molecule has 0 spiro atoms. The van der Waals surface area contributed by atoms with Gasteiger partial charge in [-0.15, -0.1) is 0 Å². The SMILES string of the molecule is CN(C(=O)[C@@H](N)Cc1ccccc1)[C@@H](COCc1ccccc1)C(=O)O. The second-order valence-electron chi connectivity index (χ2n) is 6.10. The number of likely N-dealkylation sites (N-methyl/N-ethyl adjacent to an activating group) is 1. The monoisotopic (exact) mass is 356 g/mol. The number of nitrogens with two attached hydrogens (primary N) is 1. The van der Waals surface area contributed by atoms with Gasteiger partial charge in [-0.3, -0.25) is 4.79 Å². The van der Waals surface area contributed by atoms with Gasteiger partial charge in [-0.25, -0.2) is 4.79 Å². The molecule has 6 heteroatoms. The number of rotatable bonds is 9. The minimum absolute atomic E-state index is 0.107. The average Bonchev–Trinajstić information content (AvgIpc) is 2.65. The van der Waals surface area contributed by atoms with E-state index in [9.17, 15) is 14.7 Å². The fraction of sp³-hybridized carbons (Fsp3) is 0.300. The summed E-state index contributed by atoms with van der Waals surface area (Å²) in [5.74, 6) is -1.55. The van der Waals surface area contributed by atoms with Crippen molar-refractivity contribution in [1.29, 1.82) is 0 Å². The minimum atomic E-state index is -1.12.